The van der Waals surface area contributed by atoms with Crippen molar-refractivity contribution in [3.8, 4) is 11.1 Å². The van der Waals surface area contributed by atoms with E-state index >= 15 is 0 Å². The summed E-state index contributed by atoms with van der Waals surface area (Å²) in [6.45, 7) is 3.39. The molecule has 0 radical (unpaired) electrons. The second-order valence-electron chi connectivity index (χ2n) is 6.59. The van der Waals surface area contributed by atoms with Crippen LogP contribution in [0.25, 0.3) is 22.2 Å². The number of nitrogens with zero attached hydrogens (tertiary/aromatic N) is 1. The van der Waals surface area contributed by atoms with Crippen molar-refractivity contribution in [1.82, 2.24) is 9.97 Å². The van der Waals surface area contributed by atoms with Gasteiger partial charge in [-0.3, -0.25) is 0 Å². The van der Waals surface area contributed by atoms with Gasteiger partial charge in [-0.05, 0) is 43.7 Å². The Morgan fingerprint density at radius 1 is 1.28 bits per heavy atom. The number of H-pyrrole nitrogens is 1. The van der Waals surface area contributed by atoms with E-state index in [1.165, 1.54) is 19.2 Å². The van der Waals surface area contributed by atoms with Crippen LogP contribution in [-0.2, 0) is 11.2 Å². The molecule has 130 valence electrons. The van der Waals surface area contributed by atoms with Crippen LogP contribution in [0, 0.1) is 5.82 Å². The number of halogens is 1. The molecule has 1 aromatic heterocycles. The fourth-order valence-electron chi connectivity index (χ4n) is 2.75. The number of rotatable bonds is 4. The maximum absolute atomic E-state index is 13.2. The Bertz CT molecular complexity index is 924. The molecular formula is C19H19FN2O3. The number of benzene rings is 2. The number of aliphatic hydroxyl groups is 1. The number of ether oxygens (including phenoxy) is 1. The first-order valence-electron chi connectivity index (χ1n) is 7.86. The van der Waals surface area contributed by atoms with Crippen molar-refractivity contribution >= 4 is 17.0 Å². The molecule has 0 aliphatic rings. The molecule has 0 fully saturated rings. The lowest BCUT2D eigenvalue weighted by Gasteiger charge is -2.14. The molecule has 25 heavy (non-hydrogen) atoms. The van der Waals surface area contributed by atoms with Crippen LogP contribution >= 0.6 is 0 Å². The predicted octanol–water partition coefficient (Wildman–Crippen LogP) is 3.47. The molecule has 2 N–H and O–H groups in total. The number of carbonyl (C=O) groups is 1. The zero-order chi connectivity index (χ0) is 18.2. The number of fused-ring (bicyclic) bond motifs is 1. The highest BCUT2D eigenvalue weighted by molar-refractivity contribution is 6.00. The SMILES string of the molecule is COC(=O)c1cc(-c2ccc(F)cc2)c2nc(CC(C)(C)O)[nH]c2c1. The van der Waals surface area contributed by atoms with Gasteiger partial charge < -0.3 is 14.8 Å². The first-order valence-corrected chi connectivity index (χ1v) is 7.86. The van der Waals surface area contributed by atoms with Crippen LogP contribution in [0.1, 0.15) is 30.0 Å². The van der Waals surface area contributed by atoms with E-state index in [2.05, 4.69) is 9.97 Å². The lowest BCUT2D eigenvalue weighted by molar-refractivity contribution is 0.0600. The lowest BCUT2D eigenvalue weighted by Crippen LogP contribution is -2.22. The van der Waals surface area contributed by atoms with Crippen molar-refractivity contribution in [2.24, 2.45) is 0 Å². The molecule has 0 aliphatic heterocycles. The summed E-state index contributed by atoms with van der Waals surface area (Å²) in [4.78, 5) is 19.7. The lowest BCUT2D eigenvalue weighted by atomic mass is 10.0. The molecule has 0 spiro atoms. The van der Waals surface area contributed by atoms with Gasteiger partial charge in [0.25, 0.3) is 0 Å². The quantitative estimate of drug-likeness (QED) is 0.712. The molecule has 0 amide bonds. The van der Waals surface area contributed by atoms with Crippen LogP contribution in [0.4, 0.5) is 4.39 Å². The molecule has 0 unspecified atom stereocenters. The summed E-state index contributed by atoms with van der Waals surface area (Å²) in [5.41, 5.74) is 2.18. The number of nitrogens with one attached hydrogen (secondary N) is 1. The highest BCUT2D eigenvalue weighted by Gasteiger charge is 2.19. The number of hydrogen-bond donors (Lipinski definition) is 2. The van der Waals surface area contributed by atoms with Gasteiger partial charge in [-0.2, -0.15) is 0 Å². The number of hydrogen-bond acceptors (Lipinski definition) is 4. The molecule has 0 atom stereocenters. The predicted molar refractivity (Wildman–Crippen MR) is 92.8 cm³/mol. The van der Waals surface area contributed by atoms with Crippen LogP contribution in [0.3, 0.4) is 0 Å². The molecule has 5 nitrogen and oxygen atoms in total. The van der Waals surface area contributed by atoms with E-state index < -0.39 is 11.6 Å². The fourth-order valence-corrected chi connectivity index (χ4v) is 2.75. The van der Waals surface area contributed by atoms with Gasteiger partial charge in [-0.15, -0.1) is 0 Å². The van der Waals surface area contributed by atoms with Gasteiger partial charge in [0.05, 0.1) is 29.3 Å². The first-order chi connectivity index (χ1) is 11.8. The molecular weight excluding hydrogens is 323 g/mol. The number of aromatic amines is 1. The molecule has 6 heteroatoms. The minimum atomic E-state index is -0.922. The van der Waals surface area contributed by atoms with Crippen LogP contribution in [-0.4, -0.2) is 33.8 Å². The molecule has 0 saturated heterocycles. The van der Waals surface area contributed by atoms with Gasteiger partial charge in [-0.1, -0.05) is 12.1 Å². The summed E-state index contributed by atoms with van der Waals surface area (Å²) in [6, 6.07) is 9.32. The van der Waals surface area contributed by atoms with E-state index in [0.29, 0.717) is 34.4 Å². The third-order valence-corrected chi connectivity index (χ3v) is 3.81. The number of carbonyl (C=O) groups excluding carboxylic acids is 1. The molecule has 1 heterocycles. The second kappa shape index (κ2) is 6.29. The topological polar surface area (TPSA) is 75.2 Å². The molecule has 3 aromatic rings. The Hall–Kier alpha value is -2.73. The molecule has 0 aliphatic carbocycles. The Morgan fingerprint density at radius 2 is 1.96 bits per heavy atom. The van der Waals surface area contributed by atoms with Gasteiger partial charge in [0.1, 0.15) is 11.6 Å². The number of imidazole rings is 1. The Balaban J connectivity index is 2.20. The monoisotopic (exact) mass is 342 g/mol. The van der Waals surface area contributed by atoms with E-state index in [1.54, 1.807) is 38.1 Å². The third-order valence-electron chi connectivity index (χ3n) is 3.81. The Kier molecular flexibility index (Phi) is 4.30. The third kappa shape index (κ3) is 3.69. The summed E-state index contributed by atoms with van der Waals surface area (Å²) in [5.74, 6) is -0.203. The number of aromatic nitrogens is 2. The number of esters is 1. The van der Waals surface area contributed by atoms with Gasteiger partial charge in [0.2, 0.25) is 0 Å². The van der Waals surface area contributed by atoms with Crippen LogP contribution < -0.4 is 0 Å². The van der Waals surface area contributed by atoms with Crippen molar-refractivity contribution in [2.45, 2.75) is 25.9 Å². The van der Waals surface area contributed by atoms with E-state index in [4.69, 9.17) is 4.74 Å². The maximum Gasteiger partial charge on any atom is 0.337 e. The van der Waals surface area contributed by atoms with Crippen molar-refractivity contribution in [1.29, 1.82) is 0 Å². The zero-order valence-corrected chi connectivity index (χ0v) is 14.3. The highest BCUT2D eigenvalue weighted by Crippen LogP contribution is 2.30. The summed E-state index contributed by atoms with van der Waals surface area (Å²) >= 11 is 0. The van der Waals surface area contributed by atoms with Crippen LogP contribution in [0.15, 0.2) is 36.4 Å². The minimum Gasteiger partial charge on any atom is -0.465 e. The van der Waals surface area contributed by atoms with E-state index in [0.717, 1.165) is 5.56 Å². The van der Waals surface area contributed by atoms with E-state index in [1.807, 2.05) is 0 Å². The number of methoxy groups -OCH3 is 1. The summed E-state index contributed by atoms with van der Waals surface area (Å²) in [6.07, 6.45) is 0.331. The molecule has 0 bridgehead atoms. The zero-order valence-electron chi connectivity index (χ0n) is 14.3. The van der Waals surface area contributed by atoms with Crippen molar-refractivity contribution < 1.29 is 19.0 Å². The Morgan fingerprint density at radius 3 is 2.56 bits per heavy atom. The maximum atomic E-state index is 13.2. The smallest absolute Gasteiger partial charge is 0.337 e. The van der Waals surface area contributed by atoms with E-state index in [-0.39, 0.29) is 5.82 Å². The standard InChI is InChI=1S/C19H19FN2O3/c1-19(2,24)10-16-21-15-9-12(18(23)25-3)8-14(17(15)22-16)11-4-6-13(20)7-5-11/h4-9,24H,10H2,1-3H3,(H,21,22). The van der Waals surface area contributed by atoms with Crippen LogP contribution in [0.5, 0.6) is 0 Å². The largest absolute Gasteiger partial charge is 0.465 e. The summed E-state index contributed by atoms with van der Waals surface area (Å²) in [5, 5.41) is 10.0. The molecule has 3 rings (SSSR count). The molecule has 0 saturated carbocycles. The first kappa shape index (κ1) is 17.1. The molecule has 2 aromatic carbocycles. The van der Waals surface area contributed by atoms with Gasteiger partial charge in [0.15, 0.2) is 0 Å². The summed E-state index contributed by atoms with van der Waals surface area (Å²) in [7, 11) is 1.32. The van der Waals surface area contributed by atoms with Gasteiger partial charge in [0, 0.05) is 12.0 Å². The van der Waals surface area contributed by atoms with Crippen molar-refractivity contribution in [2.75, 3.05) is 7.11 Å². The van der Waals surface area contributed by atoms with Crippen molar-refractivity contribution in [3.63, 3.8) is 0 Å². The second-order valence-corrected chi connectivity index (χ2v) is 6.59. The summed E-state index contributed by atoms with van der Waals surface area (Å²) < 4.78 is 18.1. The minimum absolute atomic E-state index is 0.331. The normalized spacial score (nSPS) is 11.7. The van der Waals surface area contributed by atoms with Crippen LogP contribution in [0.2, 0.25) is 0 Å². The fraction of sp³-hybridized carbons (Fsp3) is 0.263. The highest BCUT2D eigenvalue weighted by atomic mass is 19.1. The average molecular weight is 342 g/mol. The average Bonchev–Trinajstić information content (AvgIpc) is 2.94. The van der Waals surface area contributed by atoms with Gasteiger partial charge in [-0.25, -0.2) is 14.2 Å². The van der Waals surface area contributed by atoms with Crippen molar-refractivity contribution in [3.05, 3.63) is 53.6 Å². The van der Waals surface area contributed by atoms with Gasteiger partial charge >= 0.3 is 5.97 Å². The van der Waals surface area contributed by atoms with E-state index in [9.17, 15) is 14.3 Å². The Labute approximate surface area is 144 Å².